The average Bonchev–Trinajstić information content (AvgIpc) is 2.87. The predicted molar refractivity (Wildman–Crippen MR) is 54.0 cm³/mol. The maximum atomic E-state index is 3.48. The van der Waals surface area contributed by atoms with E-state index < -0.39 is 0 Å². The molecule has 1 aliphatic carbocycles. The molecule has 0 aliphatic heterocycles. The summed E-state index contributed by atoms with van der Waals surface area (Å²) in [7, 11) is 0. The molecule has 0 radical (unpaired) electrons. The van der Waals surface area contributed by atoms with Crippen LogP contribution in [0.5, 0.6) is 0 Å². The van der Waals surface area contributed by atoms with Crippen LogP contribution in [0.25, 0.3) is 0 Å². The van der Waals surface area contributed by atoms with Crippen LogP contribution in [0.1, 0.15) is 18.4 Å². The summed E-state index contributed by atoms with van der Waals surface area (Å²) in [6, 6.07) is 9.28. The van der Waals surface area contributed by atoms with Crippen LogP contribution in [0.2, 0.25) is 0 Å². The average molecular weight is 226 g/mol. The van der Waals surface area contributed by atoms with E-state index in [4.69, 9.17) is 0 Å². The zero-order valence-electron chi connectivity index (χ0n) is 6.89. The molecule has 64 valence electrons. The minimum atomic E-state index is 0.800. The normalized spacial score (nSPS) is 16.4. The molecule has 0 saturated heterocycles. The lowest BCUT2D eigenvalue weighted by molar-refractivity contribution is 0.688. The van der Waals surface area contributed by atoms with Gasteiger partial charge >= 0.3 is 0 Å². The SMILES string of the molecule is Brc1ccc(CNC2CC2)cc1. The van der Waals surface area contributed by atoms with Crippen molar-refractivity contribution in [3.05, 3.63) is 34.3 Å². The zero-order valence-corrected chi connectivity index (χ0v) is 8.47. The predicted octanol–water partition coefficient (Wildman–Crippen LogP) is 2.70. The number of benzene rings is 1. The summed E-state index contributed by atoms with van der Waals surface area (Å²) < 4.78 is 1.15. The number of hydrogen-bond donors (Lipinski definition) is 1. The van der Waals surface area contributed by atoms with Crippen molar-refractivity contribution in [2.75, 3.05) is 0 Å². The van der Waals surface area contributed by atoms with E-state index in [-0.39, 0.29) is 0 Å². The van der Waals surface area contributed by atoms with Crippen LogP contribution in [0.3, 0.4) is 0 Å². The van der Waals surface area contributed by atoms with Gasteiger partial charge in [0.1, 0.15) is 0 Å². The molecule has 0 amide bonds. The van der Waals surface area contributed by atoms with E-state index in [1.54, 1.807) is 0 Å². The van der Waals surface area contributed by atoms with E-state index in [2.05, 4.69) is 45.5 Å². The fourth-order valence-corrected chi connectivity index (χ4v) is 1.42. The van der Waals surface area contributed by atoms with Gasteiger partial charge < -0.3 is 5.32 Å². The Morgan fingerprint density at radius 2 is 1.92 bits per heavy atom. The Morgan fingerprint density at radius 3 is 2.50 bits per heavy atom. The van der Waals surface area contributed by atoms with Crippen molar-refractivity contribution in [3.8, 4) is 0 Å². The lowest BCUT2D eigenvalue weighted by Gasteiger charge is -2.02. The van der Waals surface area contributed by atoms with Crippen molar-refractivity contribution >= 4 is 15.9 Å². The van der Waals surface area contributed by atoms with E-state index in [0.717, 1.165) is 17.1 Å². The summed E-state index contributed by atoms with van der Waals surface area (Å²) in [6.07, 6.45) is 2.72. The molecule has 1 nitrogen and oxygen atoms in total. The fraction of sp³-hybridized carbons (Fsp3) is 0.400. The first-order valence-electron chi connectivity index (χ1n) is 4.32. The smallest absolute Gasteiger partial charge is 0.0208 e. The van der Waals surface area contributed by atoms with Gasteiger partial charge in [-0.25, -0.2) is 0 Å². The number of hydrogen-bond acceptors (Lipinski definition) is 1. The van der Waals surface area contributed by atoms with Gasteiger partial charge in [-0.1, -0.05) is 28.1 Å². The molecule has 2 heteroatoms. The lowest BCUT2D eigenvalue weighted by atomic mass is 10.2. The van der Waals surface area contributed by atoms with Crippen LogP contribution >= 0.6 is 15.9 Å². The highest BCUT2D eigenvalue weighted by molar-refractivity contribution is 9.10. The van der Waals surface area contributed by atoms with Crippen LogP contribution in [0.15, 0.2) is 28.7 Å². The molecular formula is C10H12BrN. The second kappa shape index (κ2) is 3.58. The van der Waals surface area contributed by atoms with Crippen LogP contribution < -0.4 is 5.32 Å². The molecule has 12 heavy (non-hydrogen) atoms. The molecule has 0 unspecified atom stereocenters. The zero-order chi connectivity index (χ0) is 8.39. The molecule has 0 atom stereocenters. The molecule has 1 N–H and O–H groups in total. The van der Waals surface area contributed by atoms with Crippen molar-refractivity contribution in [2.24, 2.45) is 0 Å². The third-order valence-electron chi connectivity index (χ3n) is 2.09. The van der Waals surface area contributed by atoms with Crippen LogP contribution in [0, 0.1) is 0 Å². The summed E-state index contributed by atoms with van der Waals surface area (Å²) in [5.74, 6) is 0. The molecule has 1 saturated carbocycles. The number of nitrogens with one attached hydrogen (secondary N) is 1. The third-order valence-corrected chi connectivity index (χ3v) is 2.61. The van der Waals surface area contributed by atoms with E-state index >= 15 is 0 Å². The molecule has 0 bridgehead atoms. The Kier molecular flexibility index (Phi) is 2.47. The van der Waals surface area contributed by atoms with Crippen LogP contribution in [-0.2, 0) is 6.54 Å². The van der Waals surface area contributed by atoms with E-state index in [0.29, 0.717) is 0 Å². The standard InChI is InChI=1S/C10H12BrN/c11-9-3-1-8(2-4-9)7-12-10-5-6-10/h1-4,10,12H,5-7H2. The van der Waals surface area contributed by atoms with Gasteiger partial charge in [-0.05, 0) is 30.5 Å². The van der Waals surface area contributed by atoms with Gasteiger partial charge in [0.15, 0.2) is 0 Å². The quantitative estimate of drug-likeness (QED) is 0.835. The van der Waals surface area contributed by atoms with Crippen molar-refractivity contribution in [2.45, 2.75) is 25.4 Å². The second-order valence-electron chi connectivity index (χ2n) is 3.28. The highest BCUT2D eigenvalue weighted by Gasteiger charge is 2.19. The van der Waals surface area contributed by atoms with Crippen molar-refractivity contribution in [1.82, 2.24) is 5.32 Å². The molecule has 0 spiro atoms. The molecule has 2 rings (SSSR count). The molecule has 0 heterocycles. The first-order chi connectivity index (χ1) is 5.84. The molecule has 1 fully saturated rings. The molecule has 1 aliphatic rings. The summed E-state index contributed by atoms with van der Waals surface area (Å²) in [4.78, 5) is 0. The number of halogens is 1. The minimum Gasteiger partial charge on any atom is -0.310 e. The lowest BCUT2D eigenvalue weighted by Crippen LogP contribution is -2.14. The maximum absolute atomic E-state index is 3.48. The summed E-state index contributed by atoms with van der Waals surface area (Å²) in [5.41, 5.74) is 1.37. The number of rotatable bonds is 3. The Morgan fingerprint density at radius 1 is 1.25 bits per heavy atom. The summed E-state index contributed by atoms with van der Waals surface area (Å²) >= 11 is 3.42. The van der Waals surface area contributed by atoms with E-state index in [1.807, 2.05) is 0 Å². The van der Waals surface area contributed by atoms with Crippen molar-refractivity contribution < 1.29 is 0 Å². The highest BCUT2D eigenvalue weighted by atomic mass is 79.9. The summed E-state index contributed by atoms with van der Waals surface area (Å²) in [5, 5.41) is 3.48. The topological polar surface area (TPSA) is 12.0 Å². The van der Waals surface area contributed by atoms with Gasteiger partial charge in [0.2, 0.25) is 0 Å². The van der Waals surface area contributed by atoms with Gasteiger partial charge in [-0.3, -0.25) is 0 Å². The fourth-order valence-electron chi connectivity index (χ4n) is 1.15. The second-order valence-corrected chi connectivity index (χ2v) is 4.20. The Labute approximate surface area is 81.3 Å². The Balaban J connectivity index is 1.89. The first-order valence-corrected chi connectivity index (χ1v) is 5.12. The summed E-state index contributed by atoms with van der Waals surface area (Å²) in [6.45, 7) is 1.01. The Hall–Kier alpha value is -0.340. The molecular weight excluding hydrogens is 214 g/mol. The third kappa shape index (κ3) is 2.32. The van der Waals surface area contributed by atoms with E-state index in [1.165, 1.54) is 18.4 Å². The van der Waals surface area contributed by atoms with Gasteiger partial charge in [-0.2, -0.15) is 0 Å². The largest absolute Gasteiger partial charge is 0.310 e. The first kappa shape index (κ1) is 8.27. The van der Waals surface area contributed by atoms with E-state index in [9.17, 15) is 0 Å². The van der Waals surface area contributed by atoms with Gasteiger partial charge in [-0.15, -0.1) is 0 Å². The molecule has 1 aromatic rings. The van der Waals surface area contributed by atoms with Gasteiger partial charge in [0, 0.05) is 17.1 Å². The minimum absolute atomic E-state index is 0.800. The monoisotopic (exact) mass is 225 g/mol. The molecule has 1 aromatic carbocycles. The van der Waals surface area contributed by atoms with Crippen molar-refractivity contribution in [1.29, 1.82) is 0 Å². The maximum Gasteiger partial charge on any atom is 0.0208 e. The van der Waals surface area contributed by atoms with Gasteiger partial charge in [0.05, 0.1) is 0 Å². The van der Waals surface area contributed by atoms with Crippen LogP contribution in [0.4, 0.5) is 0 Å². The van der Waals surface area contributed by atoms with Crippen molar-refractivity contribution in [3.63, 3.8) is 0 Å². The highest BCUT2D eigenvalue weighted by Crippen LogP contribution is 2.19. The molecule has 0 aromatic heterocycles. The van der Waals surface area contributed by atoms with Crippen LogP contribution in [-0.4, -0.2) is 6.04 Å². The Bertz CT molecular complexity index is 251. The van der Waals surface area contributed by atoms with Gasteiger partial charge in [0.25, 0.3) is 0 Å².